The van der Waals surface area contributed by atoms with Crippen molar-refractivity contribution in [2.45, 2.75) is 19.3 Å². The number of carbonyl (C=O) groups is 1. The number of hydrogen-bond donors (Lipinski definition) is 1. The van der Waals surface area contributed by atoms with Crippen LogP contribution in [-0.4, -0.2) is 21.2 Å². The molecule has 94 valence electrons. The fourth-order valence-corrected chi connectivity index (χ4v) is 1.67. The van der Waals surface area contributed by atoms with E-state index in [1.807, 2.05) is 0 Å². The van der Waals surface area contributed by atoms with Gasteiger partial charge in [-0.3, -0.25) is 4.79 Å². The summed E-state index contributed by atoms with van der Waals surface area (Å²) in [5.41, 5.74) is 0.731. The van der Waals surface area contributed by atoms with Crippen LogP contribution in [0.2, 0.25) is 5.02 Å². The van der Waals surface area contributed by atoms with Gasteiger partial charge in [-0.15, -0.1) is 0 Å². The molecule has 0 unspecified atom stereocenters. The molecular weight excluding hydrogens is 256 g/mol. The highest BCUT2D eigenvalue weighted by Gasteiger charge is 2.24. The molecule has 1 aromatic heterocycles. The first kappa shape index (κ1) is 12.6. The molecule has 0 fully saturated rings. The fourth-order valence-electron chi connectivity index (χ4n) is 1.55. The van der Waals surface area contributed by atoms with Crippen LogP contribution < -0.4 is 0 Å². The van der Waals surface area contributed by atoms with E-state index < -0.39 is 11.9 Å². The van der Waals surface area contributed by atoms with Crippen LogP contribution in [-0.2, 0) is 4.79 Å². The van der Waals surface area contributed by atoms with Gasteiger partial charge in [-0.1, -0.05) is 23.7 Å². The van der Waals surface area contributed by atoms with Gasteiger partial charge < -0.3 is 9.63 Å². The van der Waals surface area contributed by atoms with Gasteiger partial charge in [-0.2, -0.15) is 4.98 Å². The highest BCUT2D eigenvalue weighted by molar-refractivity contribution is 6.30. The molecule has 0 saturated heterocycles. The van der Waals surface area contributed by atoms with Crippen LogP contribution >= 0.6 is 11.6 Å². The molecule has 5 nitrogen and oxygen atoms in total. The number of halogens is 1. The van der Waals surface area contributed by atoms with E-state index in [2.05, 4.69) is 10.1 Å². The lowest BCUT2D eigenvalue weighted by Crippen LogP contribution is -2.10. The van der Waals surface area contributed by atoms with Crippen molar-refractivity contribution < 1.29 is 14.4 Å². The van der Waals surface area contributed by atoms with E-state index in [1.54, 1.807) is 31.2 Å². The largest absolute Gasteiger partial charge is 0.481 e. The SMILES string of the molecule is CC[C@H](C(=O)O)c1nc(-c2ccc(Cl)cc2)no1. The van der Waals surface area contributed by atoms with Crippen molar-refractivity contribution in [1.29, 1.82) is 0 Å². The molecule has 2 aromatic rings. The van der Waals surface area contributed by atoms with Crippen LogP contribution in [0.5, 0.6) is 0 Å². The number of carboxylic acid groups (broad SMARTS) is 1. The summed E-state index contributed by atoms with van der Waals surface area (Å²) < 4.78 is 4.99. The van der Waals surface area contributed by atoms with E-state index in [4.69, 9.17) is 21.2 Å². The zero-order valence-electron chi connectivity index (χ0n) is 9.63. The lowest BCUT2D eigenvalue weighted by molar-refractivity contribution is -0.139. The smallest absolute Gasteiger partial charge is 0.316 e. The molecule has 0 aliphatic carbocycles. The summed E-state index contributed by atoms with van der Waals surface area (Å²) in [5.74, 6) is -1.25. The molecule has 0 saturated carbocycles. The predicted octanol–water partition coefficient (Wildman–Crippen LogP) is 2.97. The Morgan fingerprint density at radius 1 is 1.44 bits per heavy atom. The number of carboxylic acids is 1. The van der Waals surface area contributed by atoms with Crippen molar-refractivity contribution in [3.05, 3.63) is 35.2 Å². The number of aromatic nitrogens is 2. The first-order valence-corrected chi connectivity index (χ1v) is 5.82. The average Bonchev–Trinajstić information content (AvgIpc) is 2.80. The van der Waals surface area contributed by atoms with Gasteiger partial charge in [0, 0.05) is 10.6 Å². The maximum Gasteiger partial charge on any atom is 0.316 e. The molecule has 0 amide bonds. The van der Waals surface area contributed by atoms with Crippen molar-refractivity contribution >= 4 is 17.6 Å². The monoisotopic (exact) mass is 266 g/mol. The van der Waals surface area contributed by atoms with Gasteiger partial charge in [0.1, 0.15) is 5.92 Å². The molecule has 1 N–H and O–H groups in total. The van der Waals surface area contributed by atoms with Crippen LogP contribution in [0.4, 0.5) is 0 Å². The third-order valence-electron chi connectivity index (χ3n) is 2.55. The summed E-state index contributed by atoms with van der Waals surface area (Å²) >= 11 is 5.78. The van der Waals surface area contributed by atoms with Crippen LogP contribution in [0.1, 0.15) is 25.2 Å². The van der Waals surface area contributed by atoms with Gasteiger partial charge in [0.2, 0.25) is 11.7 Å². The van der Waals surface area contributed by atoms with Gasteiger partial charge >= 0.3 is 5.97 Å². The number of nitrogens with zero attached hydrogens (tertiary/aromatic N) is 2. The van der Waals surface area contributed by atoms with Crippen LogP contribution in [0.3, 0.4) is 0 Å². The molecule has 2 rings (SSSR count). The summed E-state index contributed by atoms with van der Waals surface area (Å²) in [6.45, 7) is 1.75. The maximum atomic E-state index is 11.0. The van der Waals surface area contributed by atoms with E-state index in [-0.39, 0.29) is 5.89 Å². The second-order valence-corrected chi connectivity index (χ2v) is 4.20. The van der Waals surface area contributed by atoms with Gasteiger partial charge in [0.15, 0.2) is 0 Å². The molecule has 0 spiro atoms. The molecular formula is C12H11ClN2O3. The summed E-state index contributed by atoms with van der Waals surface area (Å²) in [6, 6.07) is 6.92. The van der Waals surface area contributed by atoms with Crippen molar-refractivity contribution in [3.8, 4) is 11.4 Å². The molecule has 1 heterocycles. The highest BCUT2D eigenvalue weighted by Crippen LogP contribution is 2.23. The van der Waals surface area contributed by atoms with Gasteiger partial charge in [-0.25, -0.2) is 0 Å². The van der Waals surface area contributed by atoms with Crippen molar-refractivity contribution in [2.75, 3.05) is 0 Å². The van der Waals surface area contributed by atoms with Crippen LogP contribution in [0.25, 0.3) is 11.4 Å². The number of hydrogen-bond acceptors (Lipinski definition) is 4. The molecule has 0 aliphatic rings. The minimum Gasteiger partial charge on any atom is -0.481 e. The minimum atomic E-state index is -0.969. The van der Waals surface area contributed by atoms with Crippen LogP contribution in [0.15, 0.2) is 28.8 Å². The van der Waals surface area contributed by atoms with E-state index in [0.29, 0.717) is 17.3 Å². The Balaban J connectivity index is 2.30. The standard InChI is InChI=1S/C12H11ClN2O3/c1-2-9(12(16)17)11-14-10(15-18-11)7-3-5-8(13)6-4-7/h3-6,9H,2H2,1H3,(H,16,17)/t9-/m0/s1. The first-order valence-electron chi connectivity index (χ1n) is 5.44. The Hall–Kier alpha value is -1.88. The quantitative estimate of drug-likeness (QED) is 0.921. The van der Waals surface area contributed by atoms with Gasteiger partial charge in [-0.05, 0) is 30.7 Å². The first-order chi connectivity index (χ1) is 8.61. The van der Waals surface area contributed by atoms with Crippen LogP contribution in [0, 0.1) is 0 Å². The predicted molar refractivity (Wildman–Crippen MR) is 65.4 cm³/mol. The molecule has 0 bridgehead atoms. The number of rotatable bonds is 4. The average molecular weight is 267 g/mol. The van der Waals surface area contributed by atoms with E-state index in [9.17, 15) is 4.79 Å². The topological polar surface area (TPSA) is 76.2 Å². The van der Waals surface area contributed by atoms with E-state index in [1.165, 1.54) is 0 Å². The lowest BCUT2D eigenvalue weighted by Gasteiger charge is -2.01. The maximum absolute atomic E-state index is 11.0. The van der Waals surface area contributed by atoms with Gasteiger partial charge in [0.25, 0.3) is 0 Å². The molecule has 0 radical (unpaired) electrons. The van der Waals surface area contributed by atoms with Gasteiger partial charge in [0.05, 0.1) is 0 Å². The highest BCUT2D eigenvalue weighted by atomic mass is 35.5. The van der Waals surface area contributed by atoms with Crippen molar-refractivity contribution in [3.63, 3.8) is 0 Å². The zero-order chi connectivity index (χ0) is 13.1. The molecule has 6 heteroatoms. The Labute approximate surface area is 108 Å². The molecule has 1 atom stereocenters. The second kappa shape index (κ2) is 5.18. The summed E-state index contributed by atoms with van der Waals surface area (Å²) in [6.07, 6.45) is 0.400. The Morgan fingerprint density at radius 3 is 2.67 bits per heavy atom. The Bertz CT molecular complexity index is 551. The number of aliphatic carboxylic acids is 1. The molecule has 0 aliphatic heterocycles. The third-order valence-corrected chi connectivity index (χ3v) is 2.80. The normalized spacial score (nSPS) is 12.3. The molecule has 18 heavy (non-hydrogen) atoms. The Morgan fingerprint density at radius 2 is 2.11 bits per heavy atom. The molecule has 1 aromatic carbocycles. The van der Waals surface area contributed by atoms with E-state index >= 15 is 0 Å². The second-order valence-electron chi connectivity index (χ2n) is 3.76. The third kappa shape index (κ3) is 2.51. The summed E-state index contributed by atoms with van der Waals surface area (Å²) in [5, 5.41) is 13.4. The fraction of sp³-hybridized carbons (Fsp3) is 0.250. The minimum absolute atomic E-state index is 0.120. The lowest BCUT2D eigenvalue weighted by atomic mass is 10.1. The number of benzene rings is 1. The Kier molecular flexibility index (Phi) is 3.62. The van der Waals surface area contributed by atoms with Crippen molar-refractivity contribution in [2.24, 2.45) is 0 Å². The van der Waals surface area contributed by atoms with E-state index in [0.717, 1.165) is 5.56 Å². The van der Waals surface area contributed by atoms with Crippen molar-refractivity contribution in [1.82, 2.24) is 10.1 Å². The summed E-state index contributed by atoms with van der Waals surface area (Å²) in [7, 11) is 0. The zero-order valence-corrected chi connectivity index (χ0v) is 10.4. The summed E-state index contributed by atoms with van der Waals surface area (Å²) in [4.78, 5) is 15.1.